The van der Waals surface area contributed by atoms with Crippen LogP contribution >= 0.6 is 0 Å². The summed E-state index contributed by atoms with van der Waals surface area (Å²) < 4.78 is 4.77. The fourth-order valence-electron chi connectivity index (χ4n) is 1.08. The molecule has 1 aliphatic rings. The maximum absolute atomic E-state index is 10.6. The Morgan fingerprint density at radius 2 is 2.56 bits per heavy atom. The molecule has 1 saturated heterocycles. The average Bonchev–Trinajstić information content (AvgIpc) is 1.88. The number of hydrogen-bond donors (Lipinski definition) is 0. The second-order valence-electron chi connectivity index (χ2n) is 2.49. The minimum Gasteiger partial charge on any atom is -0.466 e. The van der Waals surface area contributed by atoms with Gasteiger partial charge in [0.25, 0.3) is 0 Å². The molecule has 1 fully saturated rings. The maximum atomic E-state index is 10.6. The molecular formula is C7H12O2. The summed E-state index contributed by atoms with van der Waals surface area (Å²) in [6.45, 7) is 2.75. The molecule has 0 N–H and O–H groups in total. The van der Waals surface area contributed by atoms with Crippen LogP contribution in [0.1, 0.15) is 26.2 Å². The molecule has 0 spiro atoms. The van der Waals surface area contributed by atoms with E-state index in [1.54, 1.807) is 0 Å². The molecule has 0 amide bonds. The first kappa shape index (κ1) is 6.59. The van der Waals surface area contributed by atoms with Crippen LogP contribution in [0.2, 0.25) is 0 Å². The lowest BCUT2D eigenvalue weighted by molar-refractivity contribution is -0.149. The van der Waals surface area contributed by atoms with Crippen LogP contribution in [0.15, 0.2) is 0 Å². The lowest BCUT2D eigenvalue weighted by Gasteiger charge is -2.18. The van der Waals surface area contributed by atoms with Gasteiger partial charge in [0.2, 0.25) is 0 Å². The van der Waals surface area contributed by atoms with Crippen molar-refractivity contribution in [3.63, 3.8) is 0 Å². The Bertz CT molecular complexity index is 109. The normalized spacial score (nSPS) is 27.7. The highest BCUT2D eigenvalue weighted by Crippen LogP contribution is 2.18. The Morgan fingerprint density at radius 1 is 1.78 bits per heavy atom. The Labute approximate surface area is 55.2 Å². The quantitative estimate of drug-likeness (QED) is 0.498. The third-order valence-corrected chi connectivity index (χ3v) is 1.82. The van der Waals surface area contributed by atoms with Crippen LogP contribution in [-0.4, -0.2) is 12.6 Å². The number of carbonyl (C=O) groups excluding carboxylic acids is 1. The van der Waals surface area contributed by atoms with Crippen molar-refractivity contribution in [2.24, 2.45) is 5.92 Å². The van der Waals surface area contributed by atoms with Gasteiger partial charge in [-0.05, 0) is 12.3 Å². The summed E-state index contributed by atoms with van der Waals surface area (Å²) in [7, 11) is 0. The summed E-state index contributed by atoms with van der Waals surface area (Å²) in [5, 5.41) is 0. The van der Waals surface area contributed by atoms with E-state index in [0.29, 0.717) is 18.9 Å². The molecule has 2 heteroatoms. The fraction of sp³-hybridized carbons (Fsp3) is 0.857. The van der Waals surface area contributed by atoms with Crippen LogP contribution in [0.4, 0.5) is 0 Å². The molecule has 0 saturated carbocycles. The SMILES string of the molecule is CC[C@H]1CCOC(=O)C1. The predicted octanol–water partition coefficient (Wildman–Crippen LogP) is 1.35. The monoisotopic (exact) mass is 128 g/mol. The van der Waals surface area contributed by atoms with Gasteiger partial charge in [0.05, 0.1) is 6.61 Å². The standard InChI is InChI=1S/C7H12O2/c1-2-6-3-4-9-7(8)5-6/h6H,2-5H2,1H3/t6-/m0/s1. The zero-order valence-corrected chi connectivity index (χ0v) is 5.72. The van der Waals surface area contributed by atoms with E-state index in [0.717, 1.165) is 12.8 Å². The number of esters is 1. The number of hydrogen-bond acceptors (Lipinski definition) is 2. The lowest BCUT2D eigenvalue weighted by atomic mass is 9.97. The molecule has 52 valence electrons. The molecule has 1 atom stereocenters. The molecule has 0 aromatic rings. The first-order chi connectivity index (χ1) is 4.33. The van der Waals surface area contributed by atoms with Gasteiger partial charge in [-0.15, -0.1) is 0 Å². The van der Waals surface area contributed by atoms with Crippen LogP contribution in [0.5, 0.6) is 0 Å². The number of carbonyl (C=O) groups is 1. The molecule has 2 nitrogen and oxygen atoms in total. The van der Waals surface area contributed by atoms with Crippen molar-refractivity contribution >= 4 is 5.97 Å². The highest BCUT2D eigenvalue weighted by molar-refractivity contribution is 5.70. The van der Waals surface area contributed by atoms with Crippen LogP contribution in [0, 0.1) is 5.92 Å². The Morgan fingerprint density at radius 3 is 3.00 bits per heavy atom. The van der Waals surface area contributed by atoms with Gasteiger partial charge in [-0.3, -0.25) is 4.79 Å². The Kier molecular flexibility index (Phi) is 2.09. The molecule has 0 unspecified atom stereocenters. The molecule has 9 heavy (non-hydrogen) atoms. The van der Waals surface area contributed by atoms with Crippen molar-refractivity contribution in [2.45, 2.75) is 26.2 Å². The van der Waals surface area contributed by atoms with Crippen molar-refractivity contribution in [2.75, 3.05) is 6.61 Å². The van der Waals surface area contributed by atoms with E-state index in [1.807, 2.05) is 0 Å². The van der Waals surface area contributed by atoms with Crippen LogP contribution in [0.25, 0.3) is 0 Å². The van der Waals surface area contributed by atoms with E-state index < -0.39 is 0 Å². The van der Waals surface area contributed by atoms with E-state index in [9.17, 15) is 4.79 Å². The van der Waals surface area contributed by atoms with Gasteiger partial charge >= 0.3 is 5.97 Å². The molecule has 0 bridgehead atoms. The van der Waals surface area contributed by atoms with E-state index >= 15 is 0 Å². The topological polar surface area (TPSA) is 26.3 Å². The van der Waals surface area contributed by atoms with Crippen molar-refractivity contribution < 1.29 is 9.53 Å². The Balaban J connectivity index is 2.32. The summed E-state index contributed by atoms with van der Waals surface area (Å²) in [6, 6.07) is 0. The van der Waals surface area contributed by atoms with E-state index in [2.05, 4.69) is 6.92 Å². The minimum absolute atomic E-state index is 0.0203. The van der Waals surface area contributed by atoms with Gasteiger partial charge in [0.15, 0.2) is 0 Å². The lowest BCUT2D eigenvalue weighted by Crippen LogP contribution is -2.19. The first-order valence-electron chi connectivity index (χ1n) is 3.48. The summed E-state index contributed by atoms with van der Waals surface area (Å²) in [4.78, 5) is 10.6. The Hall–Kier alpha value is -0.530. The molecule has 1 rings (SSSR count). The van der Waals surface area contributed by atoms with Gasteiger partial charge in [-0.2, -0.15) is 0 Å². The third kappa shape index (κ3) is 1.70. The summed E-state index contributed by atoms with van der Waals surface area (Å²) in [5.41, 5.74) is 0. The second kappa shape index (κ2) is 2.85. The summed E-state index contributed by atoms with van der Waals surface area (Å²) in [6.07, 6.45) is 2.80. The van der Waals surface area contributed by atoms with Crippen molar-refractivity contribution in [1.82, 2.24) is 0 Å². The van der Waals surface area contributed by atoms with Crippen LogP contribution in [0.3, 0.4) is 0 Å². The van der Waals surface area contributed by atoms with Gasteiger partial charge in [-0.25, -0.2) is 0 Å². The van der Waals surface area contributed by atoms with Crippen molar-refractivity contribution in [3.8, 4) is 0 Å². The predicted molar refractivity (Wildman–Crippen MR) is 34.0 cm³/mol. The number of ether oxygens (including phenoxy) is 1. The van der Waals surface area contributed by atoms with E-state index in [4.69, 9.17) is 4.74 Å². The molecule has 0 aromatic carbocycles. The highest BCUT2D eigenvalue weighted by atomic mass is 16.5. The highest BCUT2D eigenvalue weighted by Gasteiger charge is 2.18. The number of cyclic esters (lactones) is 1. The molecule has 1 aliphatic heterocycles. The van der Waals surface area contributed by atoms with Crippen LogP contribution in [-0.2, 0) is 9.53 Å². The van der Waals surface area contributed by atoms with Crippen LogP contribution < -0.4 is 0 Å². The average molecular weight is 128 g/mol. The van der Waals surface area contributed by atoms with Gasteiger partial charge in [0, 0.05) is 6.42 Å². The summed E-state index contributed by atoms with van der Waals surface area (Å²) >= 11 is 0. The van der Waals surface area contributed by atoms with Crippen molar-refractivity contribution in [1.29, 1.82) is 0 Å². The van der Waals surface area contributed by atoms with E-state index in [1.165, 1.54) is 0 Å². The zero-order valence-electron chi connectivity index (χ0n) is 5.72. The molecular weight excluding hydrogens is 116 g/mol. The van der Waals surface area contributed by atoms with E-state index in [-0.39, 0.29) is 5.97 Å². The van der Waals surface area contributed by atoms with Gasteiger partial charge < -0.3 is 4.74 Å². The second-order valence-corrected chi connectivity index (χ2v) is 2.49. The summed E-state index contributed by atoms with van der Waals surface area (Å²) in [5.74, 6) is 0.569. The third-order valence-electron chi connectivity index (χ3n) is 1.82. The van der Waals surface area contributed by atoms with Gasteiger partial charge in [-0.1, -0.05) is 13.3 Å². The van der Waals surface area contributed by atoms with Gasteiger partial charge in [0.1, 0.15) is 0 Å². The fourth-order valence-corrected chi connectivity index (χ4v) is 1.08. The largest absolute Gasteiger partial charge is 0.466 e. The maximum Gasteiger partial charge on any atom is 0.306 e. The zero-order chi connectivity index (χ0) is 6.69. The van der Waals surface area contributed by atoms with Crippen molar-refractivity contribution in [3.05, 3.63) is 0 Å². The molecule has 0 aliphatic carbocycles. The number of rotatable bonds is 1. The minimum atomic E-state index is -0.0203. The molecule has 0 aromatic heterocycles. The molecule has 0 radical (unpaired) electrons. The first-order valence-corrected chi connectivity index (χ1v) is 3.48. The molecule has 1 heterocycles. The smallest absolute Gasteiger partial charge is 0.306 e.